The van der Waals surface area contributed by atoms with Crippen LogP contribution in [0, 0.1) is 11.6 Å². The summed E-state index contributed by atoms with van der Waals surface area (Å²) in [7, 11) is -3.14. The second-order valence-electron chi connectivity index (χ2n) is 11.9. The van der Waals surface area contributed by atoms with Crippen molar-refractivity contribution in [3.63, 3.8) is 0 Å². The Bertz CT molecular complexity index is 2110. The third-order valence-electron chi connectivity index (χ3n) is 7.95. The average Bonchev–Trinajstić information content (AvgIpc) is 3.12. The first kappa shape index (κ1) is 39.8. The van der Waals surface area contributed by atoms with Crippen LogP contribution < -0.4 is 21.3 Å². The lowest BCUT2D eigenvalue weighted by Gasteiger charge is -2.26. The summed E-state index contributed by atoms with van der Waals surface area (Å²) < 4.78 is 95.9. The number of nitrogens with one attached hydrogen (secondary N) is 4. The van der Waals surface area contributed by atoms with Crippen molar-refractivity contribution in [3.05, 3.63) is 84.1 Å². The van der Waals surface area contributed by atoms with E-state index >= 15 is 4.39 Å². The van der Waals surface area contributed by atoms with Gasteiger partial charge in [0.1, 0.15) is 17.5 Å². The summed E-state index contributed by atoms with van der Waals surface area (Å²) in [4.78, 5) is 36.0. The first-order chi connectivity index (χ1) is 25.7. The number of urea groups is 1. The SMILES string of the molecule is CCOC(=O)N=S(C)(=O)c1cccc(Nc2ncc(-c3ccc(NC(=O)Nc4cc(C(F)(F)F)ccc4F)c(F)c3)c(NCCCN3CCOCC3)n2)c1. The predicted molar refractivity (Wildman–Crippen MR) is 193 cm³/mol. The van der Waals surface area contributed by atoms with E-state index in [9.17, 15) is 31.4 Å². The molecular weight excluding hydrogens is 739 g/mol. The number of anilines is 5. The van der Waals surface area contributed by atoms with Crippen LogP contribution in [-0.2, 0) is 25.4 Å². The molecule has 1 aliphatic heterocycles. The molecule has 2 heterocycles. The quantitative estimate of drug-likeness (QED) is 0.0835. The van der Waals surface area contributed by atoms with Gasteiger partial charge in [0.05, 0.1) is 46.5 Å². The zero-order valence-electron chi connectivity index (χ0n) is 29.1. The van der Waals surface area contributed by atoms with Crippen LogP contribution in [-0.4, -0.2) is 83.5 Å². The Balaban J connectivity index is 1.36. The lowest BCUT2D eigenvalue weighted by Crippen LogP contribution is -2.37. The van der Waals surface area contributed by atoms with Crippen molar-refractivity contribution in [2.45, 2.75) is 24.4 Å². The van der Waals surface area contributed by atoms with Crippen molar-refractivity contribution >= 4 is 50.7 Å². The third kappa shape index (κ3) is 10.8. The van der Waals surface area contributed by atoms with E-state index in [1.807, 2.05) is 5.32 Å². The number of nitrogens with zero attached hydrogens (tertiary/aromatic N) is 4. The first-order valence-electron chi connectivity index (χ1n) is 16.6. The van der Waals surface area contributed by atoms with Crippen LogP contribution in [0.25, 0.3) is 11.1 Å². The molecule has 13 nitrogen and oxygen atoms in total. The molecule has 3 aromatic carbocycles. The predicted octanol–water partition coefficient (Wildman–Crippen LogP) is 7.58. The number of amides is 3. The number of alkyl halides is 3. The van der Waals surface area contributed by atoms with Gasteiger partial charge in [-0.15, -0.1) is 4.36 Å². The molecule has 0 bridgehead atoms. The second-order valence-corrected chi connectivity index (χ2v) is 14.2. The lowest BCUT2D eigenvalue weighted by atomic mass is 10.1. The maximum absolute atomic E-state index is 15.4. The average molecular weight is 777 g/mol. The molecule has 0 saturated carbocycles. The van der Waals surface area contributed by atoms with E-state index in [-0.39, 0.29) is 23.1 Å². The molecule has 1 saturated heterocycles. The zero-order valence-corrected chi connectivity index (χ0v) is 30.0. The van der Waals surface area contributed by atoms with Gasteiger partial charge >= 0.3 is 18.3 Å². The van der Waals surface area contributed by atoms with Crippen LogP contribution >= 0.6 is 0 Å². The summed E-state index contributed by atoms with van der Waals surface area (Å²) in [5.41, 5.74) is -1.09. The number of aromatic nitrogens is 2. The van der Waals surface area contributed by atoms with Crippen LogP contribution in [0.2, 0.25) is 0 Å². The highest BCUT2D eigenvalue weighted by molar-refractivity contribution is 7.93. The smallest absolute Gasteiger partial charge is 0.442 e. The molecule has 1 aromatic heterocycles. The van der Waals surface area contributed by atoms with Crippen LogP contribution in [0.15, 0.2) is 76.1 Å². The van der Waals surface area contributed by atoms with Gasteiger partial charge in [-0.1, -0.05) is 12.1 Å². The van der Waals surface area contributed by atoms with Crippen molar-refractivity contribution in [3.8, 4) is 11.1 Å². The van der Waals surface area contributed by atoms with E-state index in [4.69, 9.17) is 9.47 Å². The van der Waals surface area contributed by atoms with E-state index in [2.05, 4.69) is 35.2 Å². The number of carbonyl (C=O) groups excluding carboxylic acids is 2. The van der Waals surface area contributed by atoms with Gasteiger partial charge < -0.3 is 30.7 Å². The fourth-order valence-corrected chi connectivity index (χ4v) is 6.38. The van der Waals surface area contributed by atoms with Gasteiger partial charge in [-0.2, -0.15) is 18.2 Å². The number of hydrogen-bond donors (Lipinski definition) is 4. The van der Waals surface area contributed by atoms with E-state index in [0.29, 0.717) is 60.6 Å². The highest BCUT2D eigenvalue weighted by atomic mass is 32.2. The number of rotatable bonds is 12. The molecule has 288 valence electrons. The standard InChI is InChI=1S/C35H37F5N8O5S/c1-3-53-34(50)47-54(2,51)25-7-4-6-24(20-25)43-32-42-21-26(31(46-32)41-12-5-13-48-14-16-52-17-15-48)22-8-11-29(28(37)18-22)44-33(49)45-30-19-23(35(38,39)40)9-10-27(30)36/h4,6-11,18-21H,3,5,12-17H2,1-2H3,(H2,44,45,49)(H2,41,42,43,46). The fraction of sp³-hybridized carbons (Fsp3) is 0.314. The van der Waals surface area contributed by atoms with Crippen LogP contribution in [0.1, 0.15) is 18.9 Å². The molecule has 3 amide bonds. The van der Waals surface area contributed by atoms with Gasteiger partial charge in [0.2, 0.25) is 5.95 Å². The van der Waals surface area contributed by atoms with Gasteiger partial charge in [-0.3, -0.25) is 4.90 Å². The van der Waals surface area contributed by atoms with Crippen molar-refractivity contribution in [2.75, 3.05) is 73.5 Å². The molecule has 4 aromatic rings. The highest BCUT2D eigenvalue weighted by Crippen LogP contribution is 2.33. The Morgan fingerprint density at radius 1 is 1.00 bits per heavy atom. The number of carbonyl (C=O) groups is 2. The normalized spacial score (nSPS) is 14.4. The largest absolute Gasteiger partial charge is 0.448 e. The summed E-state index contributed by atoms with van der Waals surface area (Å²) >= 11 is 0. The zero-order chi connectivity index (χ0) is 38.9. The maximum Gasteiger partial charge on any atom is 0.442 e. The van der Waals surface area contributed by atoms with E-state index in [1.54, 1.807) is 25.1 Å². The van der Waals surface area contributed by atoms with Crippen molar-refractivity contribution in [1.29, 1.82) is 0 Å². The Morgan fingerprint density at radius 2 is 1.76 bits per heavy atom. The minimum absolute atomic E-state index is 0.0792. The summed E-state index contributed by atoms with van der Waals surface area (Å²) in [6, 6.07) is 10.6. The molecule has 19 heteroatoms. The van der Waals surface area contributed by atoms with Crippen LogP contribution in [0.4, 0.5) is 60.4 Å². The minimum Gasteiger partial charge on any atom is -0.448 e. The van der Waals surface area contributed by atoms with Crippen molar-refractivity contribution < 1.29 is 45.2 Å². The van der Waals surface area contributed by atoms with E-state index < -0.39 is 50.9 Å². The monoisotopic (exact) mass is 776 g/mol. The van der Waals surface area contributed by atoms with Crippen molar-refractivity contribution in [2.24, 2.45) is 4.36 Å². The summed E-state index contributed by atoms with van der Waals surface area (Å²) in [6.45, 7) is 5.91. The van der Waals surface area contributed by atoms with Gasteiger partial charge in [-0.25, -0.2) is 27.6 Å². The number of halogens is 5. The van der Waals surface area contributed by atoms with Gasteiger partial charge in [0.15, 0.2) is 0 Å². The van der Waals surface area contributed by atoms with Crippen LogP contribution in [0.3, 0.4) is 0 Å². The molecule has 1 atom stereocenters. The fourth-order valence-electron chi connectivity index (χ4n) is 5.26. The Hall–Kier alpha value is -5.40. The molecular formula is C35H37F5N8O5S. The molecule has 5 rings (SSSR count). The number of hydrogen-bond acceptors (Lipinski definition) is 10. The molecule has 4 N–H and O–H groups in total. The summed E-state index contributed by atoms with van der Waals surface area (Å²) in [5.74, 6) is -1.55. The second kappa shape index (κ2) is 17.6. The van der Waals surface area contributed by atoms with Crippen LogP contribution in [0.5, 0.6) is 0 Å². The molecule has 1 aliphatic rings. The number of benzene rings is 3. The molecule has 1 unspecified atom stereocenters. The van der Waals surface area contributed by atoms with E-state index in [1.165, 1.54) is 30.7 Å². The van der Waals surface area contributed by atoms with Crippen molar-refractivity contribution in [1.82, 2.24) is 14.9 Å². The molecule has 0 spiro atoms. The molecule has 1 fully saturated rings. The first-order valence-corrected chi connectivity index (χ1v) is 18.6. The van der Waals surface area contributed by atoms with Gasteiger partial charge in [-0.05, 0) is 74.0 Å². The minimum atomic E-state index is -4.77. The number of morpholine rings is 1. The Kier molecular flexibility index (Phi) is 13.0. The lowest BCUT2D eigenvalue weighted by molar-refractivity contribution is -0.137. The molecule has 0 radical (unpaired) electrons. The summed E-state index contributed by atoms with van der Waals surface area (Å²) in [5, 5.41) is 10.5. The third-order valence-corrected chi connectivity index (χ3v) is 9.58. The Morgan fingerprint density at radius 3 is 2.48 bits per heavy atom. The maximum atomic E-state index is 15.4. The molecule has 0 aliphatic carbocycles. The summed E-state index contributed by atoms with van der Waals surface area (Å²) in [6.07, 6.45) is -2.21. The van der Waals surface area contributed by atoms with Gasteiger partial charge in [0, 0.05) is 48.2 Å². The Labute approximate surface area is 307 Å². The van der Waals surface area contributed by atoms with E-state index in [0.717, 1.165) is 32.1 Å². The molecule has 54 heavy (non-hydrogen) atoms. The van der Waals surface area contributed by atoms with Gasteiger partial charge in [0.25, 0.3) is 0 Å². The topological polar surface area (TPSA) is 159 Å². The highest BCUT2D eigenvalue weighted by Gasteiger charge is 2.31. The number of ether oxygens (including phenoxy) is 2.